The molecule has 0 spiro atoms. The summed E-state index contributed by atoms with van der Waals surface area (Å²) in [7, 11) is 0. The number of urea groups is 1. The van der Waals surface area contributed by atoms with Crippen LogP contribution in [0.15, 0.2) is 36.4 Å². The van der Waals surface area contributed by atoms with Crippen LogP contribution in [0.3, 0.4) is 0 Å². The number of nitrogens with zero attached hydrogens (tertiary/aromatic N) is 4. The van der Waals surface area contributed by atoms with Crippen LogP contribution in [0.4, 0.5) is 4.79 Å². The number of likely N-dealkylation sites (tertiary alicyclic amines) is 1. The van der Waals surface area contributed by atoms with Crippen molar-refractivity contribution in [1.82, 2.24) is 25.0 Å². The lowest BCUT2D eigenvalue weighted by Crippen LogP contribution is -2.50. The van der Waals surface area contributed by atoms with E-state index < -0.39 is 12.0 Å². The molecule has 0 radical (unpaired) electrons. The fourth-order valence-electron chi connectivity index (χ4n) is 5.84. The van der Waals surface area contributed by atoms with Crippen molar-refractivity contribution in [2.75, 3.05) is 26.2 Å². The van der Waals surface area contributed by atoms with Gasteiger partial charge in [0.25, 0.3) is 5.91 Å². The first kappa shape index (κ1) is 28.8. The van der Waals surface area contributed by atoms with Crippen molar-refractivity contribution < 1.29 is 19.5 Å². The Kier molecular flexibility index (Phi) is 9.12. The second kappa shape index (κ2) is 12.3. The second-order valence-electron chi connectivity index (χ2n) is 10.7. The number of pyridine rings is 1. The van der Waals surface area contributed by atoms with Crippen molar-refractivity contribution in [2.45, 2.75) is 71.1 Å². The molecule has 3 atom stereocenters. The number of piperidine rings is 1. The Labute approximate surface area is 235 Å². The highest BCUT2D eigenvalue weighted by Crippen LogP contribution is 2.36. The van der Waals surface area contributed by atoms with Gasteiger partial charge in [0.05, 0.1) is 17.3 Å². The van der Waals surface area contributed by atoms with Gasteiger partial charge in [0, 0.05) is 38.3 Å². The lowest BCUT2D eigenvalue weighted by atomic mass is 9.98. The number of benzene rings is 1. The summed E-state index contributed by atoms with van der Waals surface area (Å²) in [5.41, 5.74) is 3.03. The highest BCUT2D eigenvalue weighted by molar-refractivity contribution is 6.29. The van der Waals surface area contributed by atoms with Crippen LogP contribution < -0.4 is 5.32 Å². The number of carboxylic acids is 1. The molecule has 3 heterocycles. The molecule has 10 heteroatoms. The third kappa shape index (κ3) is 6.36. The molecule has 2 aliphatic rings. The minimum Gasteiger partial charge on any atom is -0.480 e. The summed E-state index contributed by atoms with van der Waals surface area (Å²) < 4.78 is 0. The van der Waals surface area contributed by atoms with Crippen molar-refractivity contribution in [1.29, 1.82) is 0 Å². The molecule has 1 aromatic carbocycles. The third-order valence-electron chi connectivity index (χ3n) is 8.14. The van der Waals surface area contributed by atoms with Crippen LogP contribution in [0.1, 0.15) is 66.3 Å². The Morgan fingerprint density at radius 1 is 1.15 bits per heavy atom. The van der Waals surface area contributed by atoms with Crippen molar-refractivity contribution in [3.8, 4) is 0 Å². The maximum Gasteiger partial charge on any atom is 0.326 e. The summed E-state index contributed by atoms with van der Waals surface area (Å²) in [6.07, 6.45) is 2.43. The van der Waals surface area contributed by atoms with Gasteiger partial charge in [0.1, 0.15) is 11.2 Å². The number of hydrogen-bond donors (Lipinski definition) is 2. The van der Waals surface area contributed by atoms with Crippen molar-refractivity contribution in [3.05, 3.63) is 63.9 Å². The standard InChI is InChI=1S/C29H38ClN5O4/c1-18-16-25(30)32-20(3)26(18)27(36)31-13-10-19(2)33-14-11-23(12-15-33)35-24(22-8-6-5-7-9-22)17-34(29(35)39)21(4)28(37)38/h5-9,16,19,21,23-24H,10-15,17H2,1-4H3,(H,31,36)(H,37,38)/t19?,21?,24-/m0/s1. The lowest BCUT2D eigenvalue weighted by molar-refractivity contribution is -0.141. The third-order valence-corrected chi connectivity index (χ3v) is 8.33. The number of hydrogen-bond acceptors (Lipinski definition) is 5. The normalized spacial score (nSPS) is 20.2. The van der Waals surface area contributed by atoms with E-state index in [2.05, 4.69) is 22.1 Å². The minimum atomic E-state index is -0.995. The first-order valence-corrected chi connectivity index (χ1v) is 14.0. The second-order valence-corrected chi connectivity index (χ2v) is 11.1. The molecule has 0 aliphatic carbocycles. The molecule has 4 rings (SSSR count). The van der Waals surface area contributed by atoms with E-state index >= 15 is 0 Å². The highest BCUT2D eigenvalue weighted by Gasteiger charge is 2.45. The molecule has 1 aromatic heterocycles. The molecule has 9 nitrogen and oxygen atoms in total. The highest BCUT2D eigenvalue weighted by atomic mass is 35.5. The number of amides is 3. The van der Waals surface area contributed by atoms with Crippen LogP contribution in [-0.2, 0) is 4.79 Å². The first-order valence-electron chi connectivity index (χ1n) is 13.6. The van der Waals surface area contributed by atoms with Crippen LogP contribution in [-0.4, -0.2) is 87.0 Å². The summed E-state index contributed by atoms with van der Waals surface area (Å²) in [6.45, 7) is 9.96. The Balaban J connectivity index is 1.34. The molecule has 2 unspecified atom stereocenters. The summed E-state index contributed by atoms with van der Waals surface area (Å²) in [6, 6.07) is 10.6. The first-order chi connectivity index (χ1) is 18.6. The molecule has 210 valence electrons. The Bertz CT molecular complexity index is 1180. The molecular weight excluding hydrogens is 518 g/mol. The van der Waals surface area contributed by atoms with Gasteiger partial charge in [-0.2, -0.15) is 0 Å². The number of carboxylic acid groups (broad SMARTS) is 1. The average molecular weight is 556 g/mol. The molecule has 2 fully saturated rings. The van der Waals surface area contributed by atoms with Crippen molar-refractivity contribution in [2.24, 2.45) is 0 Å². The SMILES string of the molecule is Cc1cc(Cl)nc(C)c1C(=O)NCCC(C)N1CCC(N2C(=O)N(C(C)C(=O)O)C[C@H]2c2ccccc2)CC1. The molecule has 0 saturated carbocycles. The average Bonchev–Trinajstić information content (AvgIpc) is 3.24. The zero-order chi connectivity index (χ0) is 28.3. The number of carbonyl (C=O) groups is 3. The van der Waals surface area contributed by atoms with Gasteiger partial charge in [-0.15, -0.1) is 0 Å². The van der Waals surface area contributed by atoms with Gasteiger partial charge in [-0.1, -0.05) is 41.9 Å². The fraction of sp³-hybridized carbons (Fsp3) is 0.517. The van der Waals surface area contributed by atoms with E-state index in [-0.39, 0.29) is 30.1 Å². The van der Waals surface area contributed by atoms with Gasteiger partial charge < -0.3 is 25.1 Å². The monoisotopic (exact) mass is 555 g/mol. The van der Waals surface area contributed by atoms with Crippen LogP contribution in [0.2, 0.25) is 5.15 Å². The molecule has 0 bridgehead atoms. The Morgan fingerprint density at radius 2 is 1.82 bits per heavy atom. The van der Waals surface area contributed by atoms with Crippen molar-refractivity contribution in [3.63, 3.8) is 0 Å². The smallest absolute Gasteiger partial charge is 0.326 e. The molecule has 2 aromatic rings. The molecular formula is C29H38ClN5O4. The summed E-state index contributed by atoms with van der Waals surface area (Å²) in [4.78, 5) is 47.9. The van der Waals surface area contributed by atoms with E-state index in [9.17, 15) is 19.5 Å². The van der Waals surface area contributed by atoms with E-state index in [1.54, 1.807) is 19.9 Å². The number of halogens is 1. The van der Waals surface area contributed by atoms with Crippen LogP contribution in [0, 0.1) is 13.8 Å². The predicted octanol–water partition coefficient (Wildman–Crippen LogP) is 4.28. The van der Waals surface area contributed by atoms with Gasteiger partial charge in [-0.3, -0.25) is 4.79 Å². The zero-order valence-corrected chi connectivity index (χ0v) is 23.8. The molecule has 2 aliphatic heterocycles. The van der Waals surface area contributed by atoms with Gasteiger partial charge in [-0.05, 0) is 64.2 Å². The van der Waals surface area contributed by atoms with Crippen LogP contribution in [0.25, 0.3) is 0 Å². The zero-order valence-electron chi connectivity index (χ0n) is 23.1. The number of aliphatic carboxylic acids is 1. The minimum absolute atomic E-state index is 0.0419. The summed E-state index contributed by atoms with van der Waals surface area (Å²) in [5, 5.41) is 13.0. The van der Waals surface area contributed by atoms with E-state index in [1.165, 1.54) is 4.90 Å². The predicted molar refractivity (Wildman–Crippen MR) is 150 cm³/mol. The number of carbonyl (C=O) groups excluding carboxylic acids is 2. The molecule has 2 saturated heterocycles. The number of aromatic nitrogens is 1. The topological polar surface area (TPSA) is 106 Å². The summed E-state index contributed by atoms with van der Waals surface area (Å²) >= 11 is 6.00. The molecule has 39 heavy (non-hydrogen) atoms. The summed E-state index contributed by atoms with van der Waals surface area (Å²) in [5.74, 6) is -1.13. The fourth-order valence-corrected chi connectivity index (χ4v) is 6.13. The maximum absolute atomic E-state index is 13.5. The van der Waals surface area contributed by atoms with E-state index in [4.69, 9.17) is 11.6 Å². The van der Waals surface area contributed by atoms with E-state index in [0.717, 1.165) is 43.5 Å². The maximum atomic E-state index is 13.5. The number of nitrogens with one attached hydrogen (secondary N) is 1. The van der Waals surface area contributed by atoms with Gasteiger partial charge >= 0.3 is 12.0 Å². The Morgan fingerprint density at radius 3 is 2.44 bits per heavy atom. The van der Waals surface area contributed by atoms with Crippen LogP contribution in [0.5, 0.6) is 0 Å². The largest absolute Gasteiger partial charge is 0.480 e. The Hall–Kier alpha value is -3.17. The molecule has 2 N–H and O–H groups in total. The lowest BCUT2D eigenvalue weighted by Gasteiger charge is -2.41. The van der Waals surface area contributed by atoms with Crippen LogP contribution >= 0.6 is 11.6 Å². The van der Waals surface area contributed by atoms with Crippen molar-refractivity contribution >= 4 is 29.5 Å². The van der Waals surface area contributed by atoms with E-state index in [1.807, 2.05) is 42.2 Å². The van der Waals surface area contributed by atoms with Gasteiger partial charge in [0.15, 0.2) is 0 Å². The van der Waals surface area contributed by atoms with Gasteiger partial charge in [-0.25, -0.2) is 14.6 Å². The number of aryl methyl sites for hydroxylation is 2. The van der Waals surface area contributed by atoms with Gasteiger partial charge in [0.2, 0.25) is 0 Å². The quantitative estimate of drug-likeness (QED) is 0.447. The van der Waals surface area contributed by atoms with E-state index in [0.29, 0.717) is 29.5 Å². The number of rotatable bonds is 9. The molecule has 3 amide bonds.